The molecule has 2 aliphatic carbocycles. The minimum atomic E-state index is -1.04. The number of hydrogen-bond donors (Lipinski definition) is 3. The lowest BCUT2D eigenvalue weighted by molar-refractivity contribution is -0.144. The molecule has 0 spiro atoms. The molecule has 4 rings (SSSR count). The zero-order chi connectivity index (χ0) is 25.0. The van der Waals surface area contributed by atoms with Gasteiger partial charge in [0.25, 0.3) is 0 Å². The third-order valence-electron chi connectivity index (χ3n) is 7.27. The van der Waals surface area contributed by atoms with Crippen molar-refractivity contribution in [2.45, 2.75) is 57.9 Å². The first-order valence-corrected chi connectivity index (χ1v) is 12.4. The second kappa shape index (κ2) is 10.5. The Balaban J connectivity index is 1.37. The Kier molecular flexibility index (Phi) is 7.43. The topological polar surface area (TPSA) is 105 Å². The Bertz CT molecular complexity index is 1040. The Hall–Kier alpha value is -3.35. The first-order valence-electron chi connectivity index (χ1n) is 12.4. The molecule has 7 heteroatoms. The molecule has 186 valence electrons. The predicted molar refractivity (Wildman–Crippen MR) is 133 cm³/mol. The molecule has 0 heterocycles. The third-order valence-corrected chi connectivity index (χ3v) is 7.27. The summed E-state index contributed by atoms with van der Waals surface area (Å²) in [5, 5.41) is 15.0. The highest BCUT2D eigenvalue weighted by Gasteiger charge is 2.43. The molecule has 2 aromatic carbocycles. The van der Waals surface area contributed by atoms with Crippen molar-refractivity contribution in [1.29, 1.82) is 0 Å². The van der Waals surface area contributed by atoms with Gasteiger partial charge in [0.05, 0.1) is 5.41 Å². The molecule has 1 fully saturated rings. The van der Waals surface area contributed by atoms with Crippen LogP contribution >= 0.6 is 0 Å². The van der Waals surface area contributed by atoms with Crippen LogP contribution in [0, 0.1) is 11.3 Å². The summed E-state index contributed by atoms with van der Waals surface area (Å²) in [5.41, 5.74) is 3.79. The Morgan fingerprint density at radius 2 is 1.57 bits per heavy atom. The molecule has 1 saturated carbocycles. The minimum Gasteiger partial charge on any atom is -0.480 e. The predicted octanol–water partition coefficient (Wildman–Crippen LogP) is 4.70. The van der Waals surface area contributed by atoms with E-state index in [1.54, 1.807) is 0 Å². The van der Waals surface area contributed by atoms with Gasteiger partial charge in [0.1, 0.15) is 12.6 Å². The van der Waals surface area contributed by atoms with Gasteiger partial charge in [-0.05, 0) is 47.4 Å². The van der Waals surface area contributed by atoms with Crippen molar-refractivity contribution in [1.82, 2.24) is 10.6 Å². The summed E-state index contributed by atoms with van der Waals surface area (Å²) in [6.07, 6.45) is 2.73. The van der Waals surface area contributed by atoms with Crippen LogP contribution in [-0.2, 0) is 14.3 Å². The van der Waals surface area contributed by atoms with Gasteiger partial charge < -0.3 is 20.5 Å². The van der Waals surface area contributed by atoms with Crippen LogP contribution in [0.4, 0.5) is 4.79 Å². The largest absolute Gasteiger partial charge is 0.480 e. The second-order valence-corrected chi connectivity index (χ2v) is 10.2. The molecule has 3 N–H and O–H groups in total. The minimum absolute atomic E-state index is 0.0377. The summed E-state index contributed by atoms with van der Waals surface area (Å²) >= 11 is 0. The lowest BCUT2D eigenvalue weighted by Gasteiger charge is -2.30. The smallest absolute Gasteiger partial charge is 0.407 e. The first-order chi connectivity index (χ1) is 16.8. The third kappa shape index (κ3) is 5.34. The van der Waals surface area contributed by atoms with E-state index in [0.29, 0.717) is 19.3 Å². The van der Waals surface area contributed by atoms with E-state index < -0.39 is 23.5 Å². The van der Waals surface area contributed by atoms with Gasteiger partial charge in [0.2, 0.25) is 5.91 Å². The number of ether oxygens (including phenoxy) is 1. The fourth-order valence-electron chi connectivity index (χ4n) is 5.43. The number of carboxylic acid groups (broad SMARTS) is 1. The number of benzene rings is 2. The van der Waals surface area contributed by atoms with Crippen molar-refractivity contribution in [3.63, 3.8) is 0 Å². The fraction of sp³-hybridized carbons (Fsp3) is 0.464. The summed E-state index contributed by atoms with van der Waals surface area (Å²) in [7, 11) is 0. The molecular formula is C28H34N2O5. The molecular weight excluding hydrogens is 444 g/mol. The highest BCUT2D eigenvalue weighted by atomic mass is 16.5. The first kappa shape index (κ1) is 24.8. The lowest BCUT2D eigenvalue weighted by Crippen LogP contribution is -2.52. The van der Waals surface area contributed by atoms with Crippen LogP contribution in [-0.4, -0.2) is 42.3 Å². The van der Waals surface area contributed by atoms with Gasteiger partial charge >= 0.3 is 12.1 Å². The number of alkyl carbamates (subject to hydrolysis) is 1. The number of carboxylic acids is 1. The van der Waals surface area contributed by atoms with Gasteiger partial charge in [-0.3, -0.25) is 4.79 Å². The Morgan fingerprint density at radius 3 is 2.11 bits per heavy atom. The number of amides is 2. The second-order valence-electron chi connectivity index (χ2n) is 10.2. The monoisotopic (exact) mass is 478 g/mol. The molecule has 0 aliphatic heterocycles. The van der Waals surface area contributed by atoms with Gasteiger partial charge in [-0.1, -0.05) is 75.2 Å². The molecule has 35 heavy (non-hydrogen) atoms. The summed E-state index contributed by atoms with van der Waals surface area (Å²) in [6, 6.07) is 15.4. The number of aliphatic carboxylic acids is 1. The van der Waals surface area contributed by atoms with Crippen LogP contribution in [0.25, 0.3) is 11.1 Å². The average Bonchev–Trinajstić information content (AvgIpc) is 3.44. The SMILES string of the molecule is CC(C)CC(NC(=O)C1(CNC(=O)OCC2c3ccccc3-c3ccccc32)CCCC1)C(=O)O. The molecule has 0 saturated heterocycles. The average molecular weight is 479 g/mol. The van der Waals surface area contributed by atoms with Crippen LogP contribution in [0.5, 0.6) is 0 Å². The van der Waals surface area contributed by atoms with Crippen LogP contribution in [0.2, 0.25) is 0 Å². The highest BCUT2D eigenvalue weighted by molar-refractivity contribution is 5.88. The number of rotatable bonds is 9. The Labute approximate surface area is 206 Å². The number of nitrogens with one attached hydrogen (secondary N) is 2. The van der Waals surface area contributed by atoms with E-state index in [0.717, 1.165) is 35.1 Å². The van der Waals surface area contributed by atoms with Crippen LogP contribution in [0.3, 0.4) is 0 Å². The normalized spacial score (nSPS) is 16.9. The van der Waals surface area contributed by atoms with Crippen molar-refractivity contribution >= 4 is 18.0 Å². The van der Waals surface area contributed by atoms with E-state index in [-0.39, 0.29) is 30.9 Å². The standard InChI is InChI=1S/C28H34N2O5/c1-18(2)15-24(25(31)32)30-26(33)28(13-7-8-14-28)17-29-27(34)35-16-23-21-11-5-3-9-19(21)20-10-4-6-12-22(20)23/h3-6,9-12,18,23-24H,7-8,13-17H2,1-2H3,(H,29,34)(H,30,33)(H,31,32). The quantitative estimate of drug-likeness (QED) is 0.485. The summed E-state index contributed by atoms with van der Waals surface area (Å²) in [6.45, 7) is 4.18. The molecule has 0 aromatic heterocycles. The van der Waals surface area contributed by atoms with E-state index in [9.17, 15) is 19.5 Å². The molecule has 2 amide bonds. The maximum absolute atomic E-state index is 13.2. The number of fused-ring (bicyclic) bond motifs is 3. The van der Waals surface area contributed by atoms with E-state index in [1.165, 1.54) is 0 Å². The maximum atomic E-state index is 13.2. The van der Waals surface area contributed by atoms with Crippen molar-refractivity contribution < 1.29 is 24.2 Å². The van der Waals surface area contributed by atoms with E-state index in [4.69, 9.17) is 4.74 Å². The highest BCUT2D eigenvalue weighted by Crippen LogP contribution is 2.44. The zero-order valence-electron chi connectivity index (χ0n) is 20.4. The van der Waals surface area contributed by atoms with Crippen molar-refractivity contribution in [3.8, 4) is 11.1 Å². The molecule has 2 aliphatic rings. The molecule has 0 radical (unpaired) electrons. The Morgan fingerprint density at radius 1 is 1.00 bits per heavy atom. The molecule has 1 unspecified atom stereocenters. The summed E-state index contributed by atoms with van der Waals surface area (Å²) in [4.78, 5) is 37.5. The van der Waals surface area contributed by atoms with Crippen LogP contribution in [0.15, 0.2) is 48.5 Å². The molecule has 1 atom stereocenters. The van der Waals surface area contributed by atoms with Crippen LogP contribution in [0.1, 0.15) is 63.0 Å². The maximum Gasteiger partial charge on any atom is 0.407 e. The van der Waals surface area contributed by atoms with Gasteiger partial charge in [-0.15, -0.1) is 0 Å². The summed E-state index contributed by atoms with van der Waals surface area (Å²) < 4.78 is 5.62. The summed E-state index contributed by atoms with van der Waals surface area (Å²) in [5.74, 6) is -1.24. The van der Waals surface area contributed by atoms with E-state index in [1.807, 2.05) is 38.1 Å². The van der Waals surface area contributed by atoms with Crippen LogP contribution < -0.4 is 10.6 Å². The molecule has 7 nitrogen and oxygen atoms in total. The van der Waals surface area contributed by atoms with Crippen molar-refractivity contribution in [2.75, 3.05) is 13.2 Å². The van der Waals surface area contributed by atoms with Gasteiger partial charge in [0.15, 0.2) is 0 Å². The van der Waals surface area contributed by atoms with E-state index >= 15 is 0 Å². The van der Waals surface area contributed by atoms with Crippen molar-refractivity contribution in [3.05, 3.63) is 59.7 Å². The lowest BCUT2D eigenvalue weighted by atomic mass is 9.84. The van der Waals surface area contributed by atoms with Gasteiger partial charge in [-0.2, -0.15) is 0 Å². The van der Waals surface area contributed by atoms with Gasteiger partial charge in [0, 0.05) is 12.5 Å². The zero-order valence-corrected chi connectivity index (χ0v) is 20.4. The van der Waals surface area contributed by atoms with E-state index in [2.05, 4.69) is 34.9 Å². The molecule has 0 bridgehead atoms. The number of carbonyl (C=O) groups excluding carboxylic acids is 2. The number of hydrogen-bond acceptors (Lipinski definition) is 4. The fourth-order valence-corrected chi connectivity index (χ4v) is 5.43. The molecule has 2 aromatic rings. The van der Waals surface area contributed by atoms with Gasteiger partial charge in [-0.25, -0.2) is 9.59 Å². The number of carbonyl (C=O) groups is 3. The van der Waals surface area contributed by atoms with Crippen molar-refractivity contribution in [2.24, 2.45) is 11.3 Å².